The molecule has 3 rings (SSSR count). The zero-order valence-corrected chi connectivity index (χ0v) is 14.3. The maximum atomic E-state index is 11.8. The number of benzene rings is 2. The van der Waals surface area contributed by atoms with Crippen LogP contribution in [0.1, 0.15) is 30.1 Å². The molecule has 0 aromatic heterocycles. The monoisotopic (exact) mass is 339 g/mol. The van der Waals surface area contributed by atoms with Crippen LogP contribution in [0.4, 0.5) is 0 Å². The number of rotatable bonds is 4. The lowest BCUT2D eigenvalue weighted by molar-refractivity contribution is -0.135. The average Bonchev–Trinajstić information content (AvgIpc) is 2.60. The highest BCUT2D eigenvalue weighted by atomic mass is 16.5. The van der Waals surface area contributed by atoms with Crippen molar-refractivity contribution in [2.75, 3.05) is 7.11 Å². The molecule has 1 saturated heterocycles. The molecule has 2 amide bonds. The van der Waals surface area contributed by atoms with Gasteiger partial charge < -0.3 is 9.84 Å². The fourth-order valence-electron chi connectivity index (χ4n) is 3.25. The molecule has 2 aromatic rings. The molecular formula is C20H21NO4. The number of aliphatic hydroxyl groups is 1. The van der Waals surface area contributed by atoms with E-state index in [1.54, 1.807) is 19.3 Å². The first-order valence-electron chi connectivity index (χ1n) is 8.27. The van der Waals surface area contributed by atoms with Crippen LogP contribution < -0.4 is 10.1 Å². The van der Waals surface area contributed by atoms with Gasteiger partial charge in [-0.25, -0.2) is 0 Å². The third-order valence-electron chi connectivity index (χ3n) is 4.59. The fraction of sp³-hybridized carbons (Fsp3) is 0.300. The van der Waals surface area contributed by atoms with Crippen molar-refractivity contribution < 1.29 is 19.4 Å². The van der Waals surface area contributed by atoms with Crippen molar-refractivity contribution >= 4 is 22.6 Å². The largest absolute Gasteiger partial charge is 0.496 e. The number of nitrogens with one attached hydrogen (secondary N) is 1. The van der Waals surface area contributed by atoms with Gasteiger partial charge in [0.15, 0.2) is 0 Å². The third-order valence-corrected chi connectivity index (χ3v) is 4.59. The number of piperidine rings is 1. The summed E-state index contributed by atoms with van der Waals surface area (Å²) < 4.78 is 5.41. The number of aliphatic hydroxyl groups excluding tert-OH is 1. The molecule has 130 valence electrons. The van der Waals surface area contributed by atoms with Crippen molar-refractivity contribution in [2.45, 2.75) is 25.9 Å². The van der Waals surface area contributed by atoms with Gasteiger partial charge in [-0.05, 0) is 35.9 Å². The summed E-state index contributed by atoms with van der Waals surface area (Å²) in [6.45, 7) is 1.99. The van der Waals surface area contributed by atoms with Gasteiger partial charge >= 0.3 is 0 Å². The summed E-state index contributed by atoms with van der Waals surface area (Å²) in [7, 11) is 1.62. The van der Waals surface area contributed by atoms with E-state index in [4.69, 9.17) is 4.74 Å². The zero-order chi connectivity index (χ0) is 18.0. The number of amides is 2. The Morgan fingerprint density at radius 1 is 1.28 bits per heavy atom. The van der Waals surface area contributed by atoms with Crippen LogP contribution in [-0.4, -0.2) is 24.0 Å². The Kier molecular flexibility index (Phi) is 4.86. The topological polar surface area (TPSA) is 75.6 Å². The molecule has 5 heteroatoms. The SMILES string of the molecule is COc1ccc(C)c2c(C(O)/C=C/C3CCC(=O)NC3=O)cccc12. The number of hydrogen-bond acceptors (Lipinski definition) is 4. The summed E-state index contributed by atoms with van der Waals surface area (Å²) in [5.74, 6) is -0.191. The quantitative estimate of drug-likeness (QED) is 0.663. The molecule has 0 saturated carbocycles. The van der Waals surface area contributed by atoms with Crippen molar-refractivity contribution in [2.24, 2.45) is 5.92 Å². The van der Waals surface area contributed by atoms with Crippen molar-refractivity contribution in [3.63, 3.8) is 0 Å². The number of carbonyl (C=O) groups excluding carboxylic acids is 2. The summed E-state index contributed by atoms with van der Waals surface area (Å²) in [5.41, 5.74) is 1.80. The molecule has 1 fully saturated rings. The maximum absolute atomic E-state index is 11.8. The molecule has 2 atom stereocenters. The minimum atomic E-state index is -0.847. The number of aryl methyl sites for hydroxylation is 1. The van der Waals surface area contributed by atoms with E-state index >= 15 is 0 Å². The highest BCUT2D eigenvalue weighted by Gasteiger charge is 2.24. The van der Waals surface area contributed by atoms with Crippen LogP contribution in [0.3, 0.4) is 0 Å². The van der Waals surface area contributed by atoms with Crippen molar-refractivity contribution in [3.8, 4) is 5.75 Å². The van der Waals surface area contributed by atoms with Crippen molar-refractivity contribution in [1.29, 1.82) is 0 Å². The van der Waals surface area contributed by atoms with Gasteiger partial charge in [-0.1, -0.05) is 36.4 Å². The van der Waals surface area contributed by atoms with Crippen LogP contribution >= 0.6 is 0 Å². The van der Waals surface area contributed by atoms with Gasteiger partial charge in [-0.2, -0.15) is 0 Å². The second-order valence-electron chi connectivity index (χ2n) is 6.24. The van der Waals surface area contributed by atoms with Crippen LogP contribution in [0.25, 0.3) is 10.8 Å². The van der Waals surface area contributed by atoms with E-state index in [9.17, 15) is 14.7 Å². The molecule has 0 bridgehead atoms. The van der Waals surface area contributed by atoms with Crippen LogP contribution in [0, 0.1) is 12.8 Å². The van der Waals surface area contributed by atoms with E-state index in [0.29, 0.717) is 12.8 Å². The Morgan fingerprint density at radius 2 is 2.08 bits per heavy atom. The first kappa shape index (κ1) is 17.2. The molecule has 2 aromatic carbocycles. The lowest BCUT2D eigenvalue weighted by atomic mass is 9.93. The first-order valence-corrected chi connectivity index (χ1v) is 8.27. The highest BCUT2D eigenvalue weighted by Crippen LogP contribution is 2.34. The molecule has 25 heavy (non-hydrogen) atoms. The summed E-state index contributed by atoms with van der Waals surface area (Å²) in [6, 6.07) is 9.58. The second kappa shape index (κ2) is 7.07. The molecule has 0 aliphatic carbocycles. The Bertz CT molecular complexity index is 856. The van der Waals surface area contributed by atoms with Gasteiger partial charge in [-0.15, -0.1) is 0 Å². The van der Waals surface area contributed by atoms with Gasteiger partial charge in [0.2, 0.25) is 11.8 Å². The lowest BCUT2D eigenvalue weighted by Crippen LogP contribution is -2.39. The normalized spacial score (nSPS) is 19.2. The van der Waals surface area contributed by atoms with Gasteiger partial charge in [0.05, 0.1) is 19.1 Å². The molecular weight excluding hydrogens is 318 g/mol. The molecule has 5 nitrogen and oxygen atoms in total. The van der Waals surface area contributed by atoms with E-state index in [1.807, 2.05) is 37.3 Å². The van der Waals surface area contributed by atoms with Crippen LogP contribution in [0.5, 0.6) is 5.75 Å². The Labute approximate surface area is 146 Å². The predicted octanol–water partition coefficient (Wildman–Crippen LogP) is 2.80. The standard InChI is InChI=1S/C20H21NO4/c1-12-6-10-17(25-2)15-5-3-4-14(19(12)15)16(22)9-7-13-8-11-18(23)21-20(13)24/h3-7,9-10,13,16,22H,8,11H2,1-2H3,(H,21,23,24)/b9-7+. The summed E-state index contributed by atoms with van der Waals surface area (Å²) in [6.07, 6.45) is 3.24. The predicted molar refractivity (Wildman–Crippen MR) is 95.2 cm³/mol. The van der Waals surface area contributed by atoms with Crippen LogP contribution in [0.2, 0.25) is 0 Å². The van der Waals surface area contributed by atoms with E-state index in [1.165, 1.54) is 0 Å². The van der Waals surface area contributed by atoms with E-state index < -0.39 is 12.0 Å². The first-order chi connectivity index (χ1) is 12.0. The maximum Gasteiger partial charge on any atom is 0.233 e. The van der Waals surface area contributed by atoms with Crippen molar-refractivity contribution in [1.82, 2.24) is 5.32 Å². The summed E-state index contributed by atoms with van der Waals surface area (Å²) in [4.78, 5) is 23.0. The molecule has 1 aliphatic rings. The number of hydrogen-bond donors (Lipinski definition) is 2. The lowest BCUT2D eigenvalue weighted by Gasteiger charge is -2.18. The number of fused-ring (bicyclic) bond motifs is 1. The number of carbonyl (C=O) groups is 2. The molecule has 0 spiro atoms. The molecule has 1 aliphatic heterocycles. The summed E-state index contributed by atoms with van der Waals surface area (Å²) >= 11 is 0. The van der Waals surface area contributed by atoms with Gasteiger partial charge in [-0.3, -0.25) is 14.9 Å². The van der Waals surface area contributed by atoms with E-state index in [2.05, 4.69) is 5.32 Å². The van der Waals surface area contributed by atoms with E-state index in [-0.39, 0.29) is 11.8 Å². The fourth-order valence-corrected chi connectivity index (χ4v) is 3.25. The third kappa shape index (κ3) is 3.42. The van der Waals surface area contributed by atoms with Crippen molar-refractivity contribution in [3.05, 3.63) is 53.6 Å². The molecule has 2 N–H and O–H groups in total. The van der Waals surface area contributed by atoms with Gasteiger partial charge in [0.1, 0.15) is 5.75 Å². The number of imide groups is 1. The highest BCUT2D eigenvalue weighted by molar-refractivity contribution is 5.99. The number of ether oxygens (including phenoxy) is 1. The molecule has 0 radical (unpaired) electrons. The number of methoxy groups -OCH3 is 1. The van der Waals surface area contributed by atoms with Crippen LogP contribution in [-0.2, 0) is 9.59 Å². The van der Waals surface area contributed by atoms with Gasteiger partial charge in [0.25, 0.3) is 0 Å². The minimum Gasteiger partial charge on any atom is -0.496 e. The molecule has 1 heterocycles. The van der Waals surface area contributed by atoms with Gasteiger partial charge in [0, 0.05) is 11.8 Å². The smallest absolute Gasteiger partial charge is 0.233 e. The summed E-state index contributed by atoms with van der Waals surface area (Å²) in [5, 5.41) is 14.9. The second-order valence-corrected chi connectivity index (χ2v) is 6.24. The Balaban J connectivity index is 1.92. The zero-order valence-electron chi connectivity index (χ0n) is 14.3. The van der Waals surface area contributed by atoms with Crippen LogP contribution in [0.15, 0.2) is 42.5 Å². The minimum absolute atomic E-state index is 0.244. The Morgan fingerprint density at radius 3 is 2.80 bits per heavy atom. The Hall–Kier alpha value is -2.66. The van der Waals surface area contributed by atoms with E-state index in [0.717, 1.165) is 27.6 Å². The average molecular weight is 339 g/mol. The molecule has 2 unspecified atom stereocenters.